The second-order valence-corrected chi connectivity index (χ2v) is 8.40. The van der Waals surface area contributed by atoms with E-state index < -0.39 is 35.5 Å². The van der Waals surface area contributed by atoms with Crippen LogP contribution >= 0.6 is 0 Å². The monoisotopic (exact) mass is 529 g/mol. The number of aromatic nitrogens is 2. The van der Waals surface area contributed by atoms with Gasteiger partial charge in [-0.2, -0.15) is 15.9 Å². The van der Waals surface area contributed by atoms with Crippen molar-refractivity contribution in [3.8, 4) is 0 Å². The lowest BCUT2D eigenvalue weighted by molar-refractivity contribution is -0.153. The fraction of sp³-hybridized carbons (Fsp3) is 0.364. The summed E-state index contributed by atoms with van der Waals surface area (Å²) in [5.74, 6) is -1.66. The average Bonchev–Trinajstić information content (AvgIpc) is 2.94. The zero-order chi connectivity index (χ0) is 27.1. The molecule has 2 aromatic rings. The molecule has 8 N–H and O–H groups in total. The van der Waals surface area contributed by atoms with Gasteiger partial charge in [0.1, 0.15) is 6.04 Å². The van der Waals surface area contributed by atoms with E-state index in [9.17, 15) is 24.0 Å². The third kappa shape index (κ3) is 6.34. The first-order chi connectivity index (χ1) is 18.4. The van der Waals surface area contributed by atoms with Crippen LogP contribution in [-0.4, -0.2) is 72.5 Å². The van der Waals surface area contributed by atoms with E-state index in [0.717, 1.165) is 0 Å². The zero-order valence-electron chi connectivity index (χ0n) is 20.1. The molecule has 38 heavy (non-hydrogen) atoms. The molecule has 4 rings (SSSR count). The van der Waals surface area contributed by atoms with E-state index in [4.69, 9.17) is 15.4 Å². The number of H-pyrrole nitrogens is 1. The molecule has 16 heteroatoms. The van der Waals surface area contributed by atoms with E-state index in [1.54, 1.807) is 24.3 Å². The normalized spacial score (nSPS) is 20.1. The Morgan fingerprint density at radius 1 is 1.16 bits per heavy atom. The van der Waals surface area contributed by atoms with Crippen LogP contribution in [0.5, 0.6) is 0 Å². The molecule has 2 atom stereocenters. The molecule has 0 aliphatic carbocycles. The van der Waals surface area contributed by atoms with Crippen LogP contribution in [-0.2, 0) is 24.1 Å². The zero-order valence-corrected chi connectivity index (χ0v) is 20.1. The van der Waals surface area contributed by atoms with E-state index in [0.29, 0.717) is 18.6 Å². The van der Waals surface area contributed by atoms with Gasteiger partial charge in [0, 0.05) is 43.9 Å². The number of anilines is 4. The van der Waals surface area contributed by atoms with E-state index >= 15 is 0 Å². The number of carbonyl (C=O) groups is 4. The molecule has 202 valence electrons. The van der Waals surface area contributed by atoms with Crippen LogP contribution in [0.2, 0.25) is 0 Å². The van der Waals surface area contributed by atoms with E-state index in [1.807, 2.05) is 0 Å². The highest BCUT2D eigenvalue weighted by molar-refractivity contribution is 5.97. The minimum absolute atomic E-state index is 0.0108. The molecule has 2 amide bonds. The molecule has 0 spiro atoms. The van der Waals surface area contributed by atoms with Crippen LogP contribution in [0, 0.1) is 0 Å². The van der Waals surface area contributed by atoms with Gasteiger partial charge in [-0.3, -0.25) is 24.2 Å². The Kier molecular flexibility index (Phi) is 8.34. The number of benzene rings is 1. The fourth-order valence-electron chi connectivity index (χ4n) is 3.86. The minimum Gasteiger partial charge on any atom is -0.383 e. The van der Waals surface area contributed by atoms with Crippen molar-refractivity contribution < 1.29 is 28.9 Å². The number of aromatic amines is 1. The van der Waals surface area contributed by atoms with Crippen LogP contribution in [0.3, 0.4) is 0 Å². The summed E-state index contributed by atoms with van der Waals surface area (Å²) >= 11 is 0. The van der Waals surface area contributed by atoms with E-state index in [-0.39, 0.29) is 55.5 Å². The van der Waals surface area contributed by atoms with Crippen LogP contribution in [0.4, 0.5) is 23.1 Å². The Bertz CT molecular complexity index is 1250. The molecule has 2 aliphatic rings. The van der Waals surface area contributed by atoms with Gasteiger partial charge < -0.3 is 36.3 Å². The largest absolute Gasteiger partial charge is 0.383 e. The minimum atomic E-state index is -1.07. The lowest BCUT2D eigenvalue weighted by Gasteiger charge is -2.34. The van der Waals surface area contributed by atoms with Crippen molar-refractivity contribution in [1.29, 1.82) is 0 Å². The molecular formula is C22H27N9O7. The summed E-state index contributed by atoms with van der Waals surface area (Å²) in [7, 11) is 0. The van der Waals surface area contributed by atoms with Crippen molar-refractivity contribution in [1.82, 2.24) is 26.2 Å². The molecular weight excluding hydrogens is 502 g/mol. The highest BCUT2D eigenvalue weighted by atomic mass is 16.7. The summed E-state index contributed by atoms with van der Waals surface area (Å²) in [6.07, 6.45) is 0.441. The average molecular weight is 530 g/mol. The number of nitrogens with zero attached hydrogens (tertiary/aromatic N) is 2. The number of nitrogen functional groups attached to an aromatic ring is 1. The fourth-order valence-corrected chi connectivity index (χ4v) is 3.86. The Hall–Kier alpha value is -4.70. The Morgan fingerprint density at radius 2 is 1.89 bits per heavy atom. The second-order valence-electron chi connectivity index (χ2n) is 8.40. The van der Waals surface area contributed by atoms with Crippen LogP contribution < -0.4 is 43.1 Å². The van der Waals surface area contributed by atoms with Crippen molar-refractivity contribution in [3.05, 3.63) is 40.2 Å². The van der Waals surface area contributed by atoms with Crippen molar-refractivity contribution in [2.45, 2.75) is 24.9 Å². The van der Waals surface area contributed by atoms with Crippen molar-refractivity contribution >= 4 is 47.4 Å². The summed E-state index contributed by atoms with van der Waals surface area (Å²) in [5, 5.41) is 8.74. The molecule has 2 unspecified atom stereocenters. The highest BCUT2D eigenvalue weighted by Crippen LogP contribution is 2.25. The molecule has 1 saturated heterocycles. The van der Waals surface area contributed by atoms with Crippen molar-refractivity contribution in [2.24, 2.45) is 0 Å². The molecule has 1 aromatic heterocycles. The third-order valence-electron chi connectivity index (χ3n) is 5.79. The van der Waals surface area contributed by atoms with Gasteiger partial charge in [0.25, 0.3) is 11.5 Å². The first kappa shape index (κ1) is 26.4. The summed E-state index contributed by atoms with van der Waals surface area (Å²) in [6.45, 7) is 1.04. The van der Waals surface area contributed by atoms with Gasteiger partial charge in [-0.15, -0.1) is 0 Å². The van der Waals surface area contributed by atoms with Gasteiger partial charge in [0.15, 0.2) is 11.5 Å². The third-order valence-corrected chi connectivity index (χ3v) is 5.79. The topological polar surface area (TPSA) is 222 Å². The molecule has 16 nitrogen and oxygen atoms in total. The molecule has 1 aromatic carbocycles. The number of hydrogen-bond acceptors (Lipinski definition) is 13. The number of amides is 2. The summed E-state index contributed by atoms with van der Waals surface area (Å²) in [6, 6.07) is 4.93. The predicted octanol–water partition coefficient (Wildman–Crippen LogP) is -1.79. The van der Waals surface area contributed by atoms with Gasteiger partial charge in [-0.1, -0.05) is 0 Å². The van der Waals surface area contributed by atoms with E-state index in [2.05, 4.69) is 36.9 Å². The van der Waals surface area contributed by atoms with Crippen LogP contribution in [0.1, 0.15) is 23.2 Å². The number of nitrogens with one attached hydrogen (secondary N) is 6. The first-order valence-corrected chi connectivity index (χ1v) is 11.7. The maximum atomic E-state index is 12.7. The lowest BCUT2D eigenvalue weighted by atomic mass is 10.1. The Balaban J connectivity index is 1.36. The smallest absolute Gasteiger partial charge is 0.347 e. The van der Waals surface area contributed by atoms with Gasteiger partial charge in [-0.25, -0.2) is 4.79 Å². The predicted molar refractivity (Wildman–Crippen MR) is 134 cm³/mol. The molecule has 1 fully saturated rings. The van der Waals surface area contributed by atoms with Crippen LogP contribution in [0.25, 0.3) is 0 Å². The summed E-state index contributed by atoms with van der Waals surface area (Å²) in [4.78, 5) is 78.3. The van der Waals surface area contributed by atoms with Gasteiger partial charge in [-0.05, 0) is 30.7 Å². The molecule has 0 bridgehead atoms. The van der Waals surface area contributed by atoms with Crippen molar-refractivity contribution in [2.75, 3.05) is 47.4 Å². The maximum absolute atomic E-state index is 12.7. The number of carbonyl (C=O) groups excluding carboxylic acids is 4. The quantitative estimate of drug-likeness (QED) is 0.206. The van der Waals surface area contributed by atoms with Gasteiger partial charge in [0.2, 0.25) is 12.4 Å². The highest BCUT2D eigenvalue weighted by Gasteiger charge is 2.30. The standard InChI is InChI=1S/C22H27N9O7/c23-22-29-18-17(20(35)30-22)31(11-32)14(10-25-18)9-24-13-3-1-12(2-4-13)19(34)28-15-5-6-16(33)37-26-7-8-27-38-21(15)36/h1-4,11,14-15,24,26-27H,5-10H2,(H,28,34)(H4,23,25,29,30,35). The van der Waals surface area contributed by atoms with Gasteiger partial charge >= 0.3 is 11.9 Å². The Morgan fingerprint density at radius 3 is 2.63 bits per heavy atom. The SMILES string of the molecule is Nc1nc2c(c(=O)[nH]1)N(C=O)C(CNc1ccc(C(=O)NC3CCC(=O)ONCCNOC3=O)cc1)CN2. The number of fused-ring (bicyclic) bond motifs is 1. The lowest BCUT2D eigenvalue weighted by Crippen LogP contribution is -2.50. The summed E-state index contributed by atoms with van der Waals surface area (Å²) in [5.41, 5.74) is 10.9. The molecule has 3 heterocycles. The molecule has 0 saturated carbocycles. The maximum Gasteiger partial charge on any atom is 0.347 e. The second kappa shape index (κ2) is 12.0. The van der Waals surface area contributed by atoms with Crippen LogP contribution in [0.15, 0.2) is 29.1 Å². The number of hydrogen-bond donors (Lipinski definition) is 7. The molecule has 0 radical (unpaired) electrons. The summed E-state index contributed by atoms with van der Waals surface area (Å²) < 4.78 is 0. The van der Waals surface area contributed by atoms with Gasteiger partial charge in [0.05, 0.1) is 6.04 Å². The number of hydroxylamine groups is 2. The van der Waals surface area contributed by atoms with Crippen molar-refractivity contribution in [3.63, 3.8) is 0 Å². The first-order valence-electron chi connectivity index (χ1n) is 11.7. The molecule has 2 aliphatic heterocycles. The number of nitrogens with two attached hydrogens (primary N) is 1. The number of rotatable bonds is 6. The van der Waals surface area contributed by atoms with E-state index in [1.165, 1.54) is 4.90 Å². The Labute approximate surface area is 215 Å².